The third-order valence-electron chi connectivity index (χ3n) is 5.76. The number of amides is 1. The van der Waals surface area contributed by atoms with Gasteiger partial charge in [-0.1, -0.05) is 0 Å². The first-order valence-electron chi connectivity index (χ1n) is 8.93. The second-order valence-electron chi connectivity index (χ2n) is 7.17. The molecule has 23 heavy (non-hydrogen) atoms. The fourth-order valence-corrected chi connectivity index (χ4v) is 4.50. The molecule has 0 N–H and O–H groups in total. The van der Waals surface area contributed by atoms with Crippen molar-refractivity contribution < 1.29 is 13.9 Å². The van der Waals surface area contributed by atoms with Gasteiger partial charge in [0.25, 0.3) is 0 Å². The molecular weight excluding hydrogens is 292 g/mol. The average Bonchev–Trinajstić information content (AvgIpc) is 3.22. The first kappa shape index (κ1) is 15.2. The van der Waals surface area contributed by atoms with Crippen molar-refractivity contribution in [1.29, 1.82) is 0 Å². The zero-order valence-corrected chi connectivity index (χ0v) is 13.7. The van der Waals surface area contributed by atoms with Gasteiger partial charge in [0.15, 0.2) is 0 Å². The Morgan fingerprint density at radius 2 is 2.00 bits per heavy atom. The van der Waals surface area contributed by atoms with Crippen molar-refractivity contribution in [3.8, 4) is 0 Å². The van der Waals surface area contributed by atoms with Gasteiger partial charge in [0.05, 0.1) is 12.5 Å². The van der Waals surface area contributed by atoms with Gasteiger partial charge in [-0.15, -0.1) is 0 Å². The molecule has 0 unspecified atom stereocenters. The molecule has 4 heterocycles. The van der Waals surface area contributed by atoms with Crippen LogP contribution in [0.25, 0.3) is 0 Å². The Bertz CT molecular complexity index is 524. The van der Waals surface area contributed by atoms with E-state index in [9.17, 15) is 4.79 Å². The molecule has 126 valence electrons. The van der Waals surface area contributed by atoms with Crippen LogP contribution >= 0.6 is 0 Å². The minimum Gasteiger partial charge on any atom is -0.472 e. The second kappa shape index (κ2) is 6.65. The lowest BCUT2D eigenvalue weighted by Gasteiger charge is -2.42. The Morgan fingerprint density at radius 3 is 2.78 bits per heavy atom. The second-order valence-corrected chi connectivity index (χ2v) is 7.17. The summed E-state index contributed by atoms with van der Waals surface area (Å²) >= 11 is 0. The van der Waals surface area contributed by atoms with Crippen LogP contribution in [0.4, 0.5) is 0 Å². The maximum Gasteiger partial charge on any atom is 0.222 e. The van der Waals surface area contributed by atoms with Gasteiger partial charge >= 0.3 is 0 Å². The number of piperidine rings is 1. The van der Waals surface area contributed by atoms with Gasteiger partial charge in [0, 0.05) is 56.9 Å². The largest absolute Gasteiger partial charge is 0.472 e. The van der Waals surface area contributed by atoms with Crippen LogP contribution in [0.5, 0.6) is 0 Å². The normalized spacial score (nSPS) is 29.9. The highest BCUT2D eigenvalue weighted by molar-refractivity contribution is 5.77. The quantitative estimate of drug-likeness (QED) is 0.854. The Balaban J connectivity index is 1.42. The molecule has 3 aliphatic rings. The topological polar surface area (TPSA) is 45.9 Å². The van der Waals surface area contributed by atoms with Gasteiger partial charge < -0.3 is 14.1 Å². The summed E-state index contributed by atoms with van der Waals surface area (Å²) in [4.78, 5) is 17.2. The number of furan rings is 1. The molecule has 0 spiro atoms. The van der Waals surface area contributed by atoms with E-state index in [4.69, 9.17) is 9.15 Å². The summed E-state index contributed by atoms with van der Waals surface area (Å²) in [6.45, 7) is 4.67. The molecule has 0 saturated carbocycles. The Hall–Kier alpha value is -1.33. The number of ether oxygens (including phenoxy) is 1. The number of carbonyl (C=O) groups is 1. The van der Waals surface area contributed by atoms with E-state index in [-0.39, 0.29) is 0 Å². The monoisotopic (exact) mass is 318 g/mol. The molecular formula is C18H26N2O3. The number of carbonyl (C=O) groups excluding carboxylic acids is 1. The van der Waals surface area contributed by atoms with Crippen molar-refractivity contribution >= 4 is 5.91 Å². The van der Waals surface area contributed by atoms with Crippen LogP contribution in [-0.2, 0) is 16.1 Å². The predicted molar refractivity (Wildman–Crippen MR) is 85.8 cm³/mol. The highest BCUT2D eigenvalue weighted by atomic mass is 16.5. The third kappa shape index (κ3) is 3.17. The summed E-state index contributed by atoms with van der Waals surface area (Å²) in [5.41, 5.74) is 1.23. The molecule has 1 aromatic heterocycles. The van der Waals surface area contributed by atoms with Gasteiger partial charge in [0.1, 0.15) is 0 Å². The number of hydrogen-bond donors (Lipinski definition) is 0. The third-order valence-corrected chi connectivity index (χ3v) is 5.76. The summed E-state index contributed by atoms with van der Waals surface area (Å²) in [7, 11) is 0. The Morgan fingerprint density at radius 1 is 1.13 bits per heavy atom. The number of nitrogens with zero attached hydrogens (tertiary/aromatic N) is 2. The summed E-state index contributed by atoms with van der Waals surface area (Å²) in [5.74, 6) is 0.984. The molecule has 0 bridgehead atoms. The smallest absolute Gasteiger partial charge is 0.222 e. The van der Waals surface area contributed by atoms with Crippen molar-refractivity contribution in [2.24, 2.45) is 5.92 Å². The molecule has 0 radical (unpaired) electrons. The average molecular weight is 318 g/mol. The summed E-state index contributed by atoms with van der Waals surface area (Å²) in [6, 6.07) is 2.97. The maximum absolute atomic E-state index is 12.5. The van der Waals surface area contributed by atoms with Crippen molar-refractivity contribution in [2.45, 2.75) is 50.7 Å². The number of fused-ring (bicyclic) bond motifs is 1. The van der Waals surface area contributed by atoms with Crippen LogP contribution in [0.3, 0.4) is 0 Å². The number of likely N-dealkylation sites (tertiary alicyclic amines) is 2. The fourth-order valence-electron chi connectivity index (χ4n) is 4.50. The lowest BCUT2D eigenvalue weighted by Crippen LogP contribution is -2.53. The van der Waals surface area contributed by atoms with Gasteiger partial charge in [-0.3, -0.25) is 9.69 Å². The molecule has 2 atom stereocenters. The van der Waals surface area contributed by atoms with Crippen molar-refractivity contribution in [3.05, 3.63) is 24.2 Å². The van der Waals surface area contributed by atoms with E-state index in [1.165, 1.54) is 5.56 Å². The molecule has 3 saturated heterocycles. The maximum atomic E-state index is 12.5. The van der Waals surface area contributed by atoms with Crippen LogP contribution in [-0.4, -0.2) is 54.1 Å². The van der Waals surface area contributed by atoms with Crippen molar-refractivity contribution in [2.75, 3.05) is 26.3 Å². The van der Waals surface area contributed by atoms with Crippen LogP contribution in [0.1, 0.15) is 37.7 Å². The first-order valence-corrected chi connectivity index (χ1v) is 8.93. The number of rotatable bonds is 4. The zero-order valence-electron chi connectivity index (χ0n) is 13.7. The first-order chi connectivity index (χ1) is 11.3. The van der Waals surface area contributed by atoms with E-state index in [1.54, 1.807) is 6.26 Å². The molecule has 5 nitrogen and oxygen atoms in total. The van der Waals surface area contributed by atoms with E-state index >= 15 is 0 Å². The van der Waals surface area contributed by atoms with Crippen LogP contribution in [0, 0.1) is 5.92 Å². The molecule has 1 aromatic rings. The minimum atomic E-state index is 0.364. The summed E-state index contributed by atoms with van der Waals surface area (Å²) in [6.07, 6.45) is 8.58. The fraction of sp³-hybridized carbons (Fsp3) is 0.722. The summed E-state index contributed by atoms with van der Waals surface area (Å²) < 4.78 is 10.7. The van der Waals surface area contributed by atoms with Gasteiger partial charge in [-0.2, -0.15) is 0 Å². The van der Waals surface area contributed by atoms with E-state index in [2.05, 4.69) is 9.80 Å². The molecule has 3 aliphatic heterocycles. The molecule has 0 aromatic carbocycles. The van der Waals surface area contributed by atoms with Crippen LogP contribution in [0.2, 0.25) is 0 Å². The number of hydrogen-bond acceptors (Lipinski definition) is 4. The highest BCUT2D eigenvalue weighted by Crippen LogP contribution is 2.33. The predicted octanol–water partition coefficient (Wildman–Crippen LogP) is 2.27. The minimum absolute atomic E-state index is 0.364. The van der Waals surface area contributed by atoms with E-state index in [0.717, 1.165) is 58.5 Å². The van der Waals surface area contributed by atoms with Gasteiger partial charge in [-0.25, -0.2) is 0 Å². The molecule has 1 amide bonds. The van der Waals surface area contributed by atoms with Crippen molar-refractivity contribution in [1.82, 2.24) is 9.80 Å². The highest BCUT2D eigenvalue weighted by Gasteiger charge is 2.43. The lowest BCUT2D eigenvalue weighted by atomic mass is 9.92. The SMILES string of the molecule is O=C1CC[C@@H]2[C@@H](CCN2Cc2ccoc2)N1CC1CCOCC1. The standard InChI is InChI=1S/C18H26N2O3/c21-18-2-1-16-17(20(18)12-14-4-8-22-9-5-14)3-7-19(16)11-15-6-10-23-13-15/h6,10,13-14,16-17H,1-5,7-9,11-12H2/t16-,17-/m1/s1. The van der Waals surface area contributed by atoms with E-state index in [0.29, 0.717) is 30.3 Å². The van der Waals surface area contributed by atoms with Gasteiger partial charge in [0.2, 0.25) is 5.91 Å². The van der Waals surface area contributed by atoms with Crippen LogP contribution < -0.4 is 0 Å². The van der Waals surface area contributed by atoms with E-state index in [1.807, 2.05) is 12.3 Å². The molecule has 3 fully saturated rings. The Labute approximate surface area is 137 Å². The molecule has 4 rings (SSSR count). The van der Waals surface area contributed by atoms with Crippen LogP contribution in [0.15, 0.2) is 23.0 Å². The van der Waals surface area contributed by atoms with E-state index < -0.39 is 0 Å². The van der Waals surface area contributed by atoms with Crippen molar-refractivity contribution in [3.63, 3.8) is 0 Å². The molecule has 5 heteroatoms. The summed E-state index contributed by atoms with van der Waals surface area (Å²) in [5, 5.41) is 0. The van der Waals surface area contributed by atoms with Gasteiger partial charge in [-0.05, 0) is 37.7 Å². The lowest BCUT2D eigenvalue weighted by molar-refractivity contribution is -0.139. The molecule has 0 aliphatic carbocycles. The Kier molecular flexibility index (Phi) is 4.40. The zero-order chi connectivity index (χ0) is 15.6.